The molecular weight excluding hydrogens is 295 g/mol. The highest BCUT2D eigenvalue weighted by Crippen LogP contribution is 2.25. The molecule has 0 unspecified atom stereocenters. The SMILES string of the molecule is Nc1cnccc1NS(=O)(=O)c1c(F)cc(F)cc1F. The zero-order chi connectivity index (χ0) is 14.9. The predicted octanol–water partition coefficient (Wildman–Crippen LogP) is 1.88. The first kappa shape index (κ1) is 14.1. The molecule has 0 bridgehead atoms. The van der Waals surface area contributed by atoms with E-state index in [1.165, 1.54) is 12.3 Å². The number of anilines is 2. The first-order valence-electron chi connectivity index (χ1n) is 5.18. The standard InChI is InChI=1S/C11H8F3N3O2S/c12-6-3-7(13)11(8(14)4-6)20(18,19)17-10-1-2-16-5-9(10)15/h1-5H,15H2,(H,16,17). The number of nitrogen functional groups attached to an aromatic ring is 1. The van der Waals surface area contributed by atoms with Crippen LogP contribution in [0.1, 0.15) is 0 Å². The van der Waals surface area contributed by atoms with E-state index < -0.39 is 32.4 Å². The molecular formula is C11H8F3N3O2S. The third kappa shape index (κ3) is 2.67. The van der Waals surface area contributed by atoms with Gasteiger partial charge in [0.1, 0.15) is 17.5 Å². The van der Waals surface area contributed by atoms with E-state index in [0.717, 1.165) is 6.20 Å². The number of pyridine rings is 1. The molecule has 20 heavy (non-hydrogen) atoms. The van der Waals surface area contributed by atoms with Gasteiger partial charge in [-0.1, -0.05) is 0 Å². The summed E-state index contributed by atoms with van der Waals surface area (Å²) in [4.78, 5) is 2.35. The number of aromatic nitrogens is 1. The van der Waals surface area contributed by atoms with Crippen molar-refractivity contribution in [1.29, 1.82) is 0 Å². The van der Waals surface area contributed by atoms with Crippen LogP contribution in [-0.2, 0) is 10.0 Å². The molecule has 0 amide bonds. The van der Waals surface area contributed by atoms with Gasteiger partial charge in [-0.2, -0.15) is 0 Å². The normalized spacial score (nSPS) is 11.3. The predicted molar refractivity (Wildman–Crippen MR) is 65.8 cm³/mol. The number of hydrogen-bond donors (Lipinski definition) is 2. The van der Waals surface area contributed by atoms with Gasteiger partial charge in [0.15, 0.2) is 4.90 Å². The maximum absolute atomic E-state index is 13.5. The van der Waals surface area contributed by atoms with Crippen LogP contribution in [0.25, 0.3) is 0 Å². The maximum Gasteiger partial charge on any atom is 0.267 e. The zero-order valence-corrected chi connectivity index (χ0v) is 10.6. The molecule has 0 fully saturated rings. The lowest BCUT2D eigenvalue weighted by Crippen LogP contribution is -2.17. The van der Waals surface area contributed by atoms with Crippen molar-refractivity contribution in [2.75, 3.05) is 10.5 Å². The van der Waals surface area contributed by atoms with Crippen molar-refractivity contribution in [1.82, 2.24) is 4.98 Å². The van der Waals surface area contributed by atoms with Gasteiger partial charge in [-0.3, -0.25) is 9.71 Å². The molecule has 0 aliphatic rings. The number of rotatable bonds is 3. The van der Waals surface area contributed by atoms with Crippen molar-refractivity contribution >= 4 is 21.4 Å². The molecule has 0 atom stereocenters. The Hall–Kier alpha value is -2.29. The van der Waals surface area contributed by atoms with Crippen LogP contribution in [0.3, 0.4) is 0 Å². The molecule has 0 spiro atoms. The second-order valence-corrected chi connectivity index (χ2v) is 5.39. The van der Waals surface area contributed by atoms with Gasteiger partial charge in [0, 0.05) is 18.3 Å². The van der Waals surface area contributed by atoms with Gasteiger partial charge in [0.05, 0.1) is 17.6 Å². The van der Waals surface area contributed by atoms with Crippen LogP contribution >= 0.6 is 0 Å². The summed E-state index contributed by atoms with van der Waals surface area (Å²) in [6, 6.07) is 1.76. The fraction of sp³-hybridized carbons (Fsp3) is 0. The van der Waals surface area contributed by atoms with E-state index in [9.17, 15) is 21.6 Å². The second kappa shape index (κ2) is 5.00. The van der Waals surface area contributed by atoms with Crippen LogP contribution < -0.4 is 10.5 Å². The molecule has 0 aliphatic heterocycles. The van der Waals surface area contributed by atoms with Crippen molar-refractivity contribution < 1.29 is 21.6 Å². The summed E-state index contributed by atoms with van der Waals surface area (Å²) in [6.07, 6.45) is 2.40. The third-order valence-electron chi connectivity index (χ3n) is 2.33. The molecule has 2 rings (SSSR count). The molecule has 0 aliphatic carbocycles. The van der Waals surface area contributed by atoms with Crippen molar-refractivity contribution in [3.05, 3.63) is 48.0 Å². The molecule has 0 saturated carbocycles. The van der Waals surface area contributed by atoms with Crippen molar-refractivity contribution in [3.8, 4) is 0 Å². The smallest absolute Gasteiger partial charge is 0.267 e. The second-order valence-electron chi connectivity index (χ2n) is 3.77. The highest BCUT2D eigenvalue weighted by molar-refractivity contribution is 7.92. The van der Waals surface area contributed by atoms with E-state index >= 15 is 0 Å². The minimum Gasteiger partial charge on any atom is -0.396 e. The number of nitrogens with zero attached hydrogens (tertiary/aromatic N) is 1. The Kier molecular flexibility index (Phi) is 3.53. The van der Waals surface area contributed by atoms with Crippen LogP contribution in [0.4, 0.5) is 24.5 Å². The average Bonchev–Trinajstić information content (AvgIpc) is 2.30. The first-order valence-corrected chi connectivity index (χ1v) is 6.66. The summed E-state index contributed by atoms with van der Waals surface area (Å²) >= 11 is 0. The molecule has 1 heterocycles. The Morgan fingerprint density at radius 2 is 1.75 bits per heavy atom. The summed E-state index contributed by atoms with van der Waals surface area (Å²) in [7, 11) is -4.59. The summed E-state index contributed by atoms with van der Waals surface area (Å²) in [5, 5.41) is 0. The lowest BCUT2D eigenvalue weighted by molar-refractivity contribution is 0.498. The molecule has 1 aromatic carbocycles. The van der Waals surface area contributed by atoms with Crippen molar-refractivity contribution in [2.24, 2.45) is 0 Å². The first-order chi connectivity index (χ1) is 9.31. The fourth-order valence-electron chi connectivity index (χ4n) is 1.48. The quantitative estimate of drug-likeness (QED) is 0.906. The molecule has 1 aromatic heterocycles. The number of nitrogens with one attached hydrogen (secondary N) is 1. The number of halogens is 3. The number of benzene rings is 1. The zero-order valence-electron chi connectivity index (χ0n) is 9.77. The Morgan fingerprint density at radius 3 is 2.30 bits per heavy atom. The van der Waals surface area contributed by atoms with Gasteiger partial charge < -0.3 is 5.73 Å². The highest BCUT2D eigenvalue weighted by Gasteiger charge is 2.25. The number of sulfonamides is 1. The Bertz CT molecular complexity index is 742. The maximum atomic E-state index is 13.5. The van der Waals surface area contributed by atoms with Crippen molar-refractivity contribution in [2.45, 2.75) is 4.90 Å². The van der Waals surface area contributed by atoms with Gasteiger partial charge in [-0.05, 0) is 6.07 Å². The summed E-state index contributed by atoms with van der Waals surface area (Å²) in [5.74, 6) is -4.30. The number of hydrogen-bond acceptors (Lipinski definition) is 4. The van der Waals surface area contributed by atoms with E-state index in [1.807, 2.05) is 4.72 Å². The number of nitrogens with two attached hydrogens (primary N) is 1. The Labute approximate surface area is 112 Å². The summed E-state index contributed by atoms with van der Waals surface area (Å²) in [5.41, 5.74) is 5.35. The average molecular weight is 303 g/mol. The van der Waals surface area contributed by atoms with Crippen LogP contribution in [0, 0.1) is 17.5 Å². The molecule has 0 radical (unpaired) electrons. The molecule has 2 aromatic rings. The van der Waals surface area contributed by atoms with Crippen LogP contribution in [0.15, 0.2) is 35.5 Å². The highest BCUT2D eigenvalue weighted by atomic mass is 32.2. The Balaban J connectivity index is 2.50. The third-order valence-corrected chi connectivity index (χ3v) is 3.74. The van der Waals surface area contributed by atoms with Crippen LogP contribution in [0.2, 0.25) is 0 Å². The monoisotopic (exact) mass is 303 g/mol. The molecule has 0 saturated heterocycles. The van der Waals surface area contributed by atoms with E-state index in [-0.39, 0.29) is 23.5 Å². The summed E-state index contributed by atoms with van der Waals surface area (Å²) < 4.78 is 65.4. The Morgan fingerprint density at radius 1 is 1.15 bits per heavy atom. The minimum absolute atomic E-state index is 0.0287. The topological polar surface area (TPSA) is 85.1 Å². The van der Waals surface area contributed by atoms with Crippen LogP contribution in [0.5, 0.6) is 0 Å². The van der Waals surface area contributed by atoms with Crippen LogP contribution in [-0.4, -0.2) is 13.4 Å². The van der Waals surface area contributed by atoms with Gasteiger partial charge in [0.25, 0.3) is 10.0 Å². The molecule has 9 heteroatoms. The largest absolute Gasteiger partial charge is 0.396 e. The van der Waals surface area contributed by atoms with Gasteiger partial charge in [-0.15, -0.1) is 0 Å². The van der Waals surface area contributed by atoms with Gasteiger partial charge in [0.2, 0.25) is 0 Å². The van der Waals surface area contributed by atoms with Gasteiger partial charge in [-0.25, -0.2) is 21.6 Å². The summed E-state index contributed by atoms with van der Waals surface area (Å²) in [6.45, 7) is 0. The fourth-order valence-corrected chi connectivity index (χ4v) is 2.69. The van der Waals surface area contributed by atoms with E-state index in [0.29, 0.717) is 0 Å². The van der Waals surface area contributed by atoms with E-state index in [4.69, 9.17) is 5.73 Å². The van der Waals surface area contributed by atoms with E-state index in [1.54, 1.807) is 0 Å². The lowest BCUT2D eigenvalue weighted by atomic mass is 10.3. The van der Waals surface area contributed by atoms with Gasteiger partial charge >= 0.3 is 0 Å². The van der Waals surface area contributed by atoms with E-state index in [2.05, 4.69) is 4.98 Å². The van der Waals surface area contributed by atoms with Crippen molar-refractivity contribution in [3.63, 3.8) is 0 Å². The molecule has 3 N–H and O–H groups in total. The lowest BCUT2D eigenvalue weighted by Gasteiger charge is -2.11. The molecule has 5 nitrogen and oxygen atoms in total. The molecule has 106 valence electrons. The minimum atomic E-state index is -4.59.